The predicted molar refractivity (Wildman–Crippen MR) is 89.9 cm³/mol. The number of carbonyl (C=O) groups is 2. The Bertz CT molecular complexity index is 394. The van der Waals surface area contributed by atoms with E-state index in [0.29, 0.717) is 19.0 Å². The molecule has 0 aliphatic heterocycles. The predicted octanol–water partition coefficient (Wildman–Crippen LogP) is 2.39. The molecule has 2 N–H and O–H groups in total. The van der Waals surface area contributed by atoms with Crippen LogP contribution in [0.15, 0.2) is 0 Å². The number of carbonyl (C=O) groups excluding carboxylic acids is 2. The van der Waals surface area contributed by atoms with Gasteiger partial charge in [-0.1, -0.05) is 32.6 Å². The Kier molecular flexibility index (Phi) is 7.34. The molecule has 0 spiro atoms. The van der Waals surface area contributed by atoms with Crippen molar-refractivity contribution in [2.45, 2.75) is 77.4 Å². The van der Waals surface area contributed by atoms with Crippen molar-refractivity contribution in [3.8, 4) is 0 Å². The maximum atomic E-state index is 12.1. The van der Waals surface area contributed by atoms with Crippen molar-refractivity contribution in [1.82, 2.24) is 10.6 Å². The molecule has 0 saturated heterocycles. The number of hydrogen-bond acceptors (Lipinski definition) is 3. The average molecular weight is 324 g/mol. The number of amides is 2. The second-order valence-corrected chi connectivity index (χ2v) is 7.24. The monoisotopic (exact) mass is 324 g/mol. The standard InChI is InChI=1S/C18H32N2O3/c1-13-6-5-9-16(12-13)23-14(2)17(21)19-10-11-20-18(22)15-7-3-4-8-15/h13-16H,3-12H2,1-2H3,(H,19,21)(H,20,22)/t13-,14+,16+/m1/s1. The van der Waals surface area contributed by atoms with Crippen LogP contribution in [0.25, 0.3) is 0 Å². The average Bonchev–Trinajstić information content (AvgIpc) is 3.05. The van der Waals surface area contributed by atoms with Crippen LogP contribution in [0.3, 0.4) is 0 Å². The highest BCUT2D eigenvalue weighted by atomic mass is 16.5. The van der Waals surface area contributed by atoms with Gasteiger partial charge in [-0.05, 0) is 38.5 Å². The van der Waals surface area contributed by atoms with Gasteiger partial charge in [0.1, 0.15) is 6.10 Å². The first-order valence-corrected chi connectivity index (χ1v) is 9.27. The van der Waals surface area contributed by atoms with Gasteiger partial charge in [0.2, 0.25) is 11.8 Å². The van der Waals surface area contributed by atoms with Crippen LogP contribution in [0.1, 0.15) is 65.2 Å². The second kappa shape index (κ2) is 9.26. The summed E-state index contributed by atoms with van der Waals surface area (Å²) in [6.45, 7) is 5.01. The smallest absolute Gasteiger partial charge is 0.248 e. The van der Waals surface area contributed by atoms with Gasteiger partial charge in [0, 0.05) is 19.0 Å². The number of ether oxygens (including phenoxy) is 1. The fraction of sp³-hybridized carbons (Fsp3) is 0.889. The minimum atomic E-state index is -0.421. The van der Waals surface area contributed by atoms with Crippen molar-refractivity contribution in [3.05, 3.63) is 0 Å². The van der Waals surface area contributed by atoms with Gasteiger partial charge in [-0.25, -0.2) is 0 Å². The van der Waals surface area contributed by atoms with Crippen LogP contribution in [-0.2, 0) is 14.3 Å². The Labute approximate surface area is 139 Å². The zero-order valence-corrected chi connectivity index (χ0v) is 14.6. The molecule has 2 aliphatic rings. The van der Waals surface area contributed by atoms with Gasteiger partial charge < -0.3 is 15.4 Å². The Morgan fingerprint density at radius 2 is 1.74 bits per heavy atom. The highest BCUT2D eigenvalue weighted by molar-refractivity contribution is 5.81. The van der Waals surface area contributed by atoms with Crippen LogP contribution in [0, 0.1) is 11.8 Å². The second-order valence-electron chi connectivity index (χ2n) is 7.24. The molecule has 2 rings (SSSR count). The van der Waals surface area contributed by atoms with E-state index in [1.54, 1.807) is 0 Å². The third-order valence-electron chi connectivity index (χ3n) is 5.10. The molecule has 132 valence electrons. The van der Waals surface area contributed by atoms with Crippen molar-refractivity contribution in [3.63, 3.8) is 0 Å². The molecule has 23 heavy (non-hydrogen) atoms. The van der Waals surface area contributed by atoms with Gasteiger partial charge in [0.25, 0.3) is 0 Å². The molecule has 2 amide bonds. The molecule has 0 unspecified atom stereocenters. The lowest BCUT2D eigenvalue weighted by molar-refractivity contribution is -0.137. The Balaban J connectivity index is 1.57. The molecule has 2 saturated carbocycles. The molecule has 0 radical (unpaired) electrons. The van der Waals surface area contributed by atoms with E-state index in [0.717, 1.165) is 38.5 Å². The fourth-order valence-electron chi connectivity index (χ4n) is 3.70. The van der Waals surface area contributed by atoms with E-state index < -0.39 is 6.10 Å². The van der Waals surface area contributed by atoms with Crippen molar-refractivity contribution in [2.24, 2.45) is 11.8 Å². The molecule has 5 nitrogen and oxygen atoms in total. The van der Waals surface area contributed by atoms with Crippen molar-refractivity contribution in [2.75, 3.05) is 13.1 Å². The number of nitrogens with one attached hydrogen (secondary N) is 2. The number of rotatable bonds is 7. The Morgan fingerprint density at radius 3 is 2.43 bits per heavy atom. The Hall–Kier alpha value is -1.10. The molecular formula is C18H32N2O3. The van der Waals surface area contributed by atoms with Crippen LogP contribution in [-0.4, -0.2) is 37.1 Å². The van der Waals surface area contributed by atoms with Crippen LogP contribution >= 0.6 is 0 Å². The largest absolute Gasteiger partial charge is 0.365 e. The summed E-state index contributed by atoms with van der Waals surface area (Å²) in [6.07, 6.45) is 8.67. The molecule has 0 aromatic rings. The minimum absolute atomic E-state index is 0.0849. The SMILES string of the molecule is C[C@@H]1CCC[C@H](O[C@@H](C)C(=O)NCCNC(=O)C2CCCC2)C1. The molecule has 0 aromatic heterocycles. The molecular weight excluding hydrogens is 292 g/mol. The van der Waals surface area contributed by atoms with Crippen LogP contribution < -0.4 is 10.6 Å². The van der Waals surface area contributed by atoms with E-state index >= 15 is 0 Å². The van der Waals surface area contributed by atoms with E-state index in [2.05, 4.69) is 17.6 Å². The maximum absolute atomic E-state index is 12.1. The molecule has 3 atom stereocenters. The summed E-state index contributed by atoms with van der Waals surface area (Å²) in [5.74, 6) is 0.923. The summed E-state index contributed by atoms with van der Waals surface area (Å²) in [4.78, 5) is 23.9. The van der Waals surface area contributed by atoms with E-state index in [1.165, 1.54) is 12.8 Å². The third kappa shape index (κ3) is 6.13. The molecule has 2 aliphatic carbocycles. The molecule has 0 heterocycles. The fourth-order valence-corrected chi connectivity index (χ4v) is 3.70. The quantitative estimate of drug-likeness (QED) is 0.707. The summed E-state index contributed by atoms with van der Waals surface area (Å²) in [6, 6.07) is 0. The third-order valence-corrected chi connectivity index (χ3v) is 5.10. The van der Waals surface area contributed by atoms with Gasteiger partial charge in [-0.15, -0.1) is 0 Å². The molecule has 2 fully saturated rings. The Morgan fingerprint density at radius 1 is 1.04 bits per heavy atom. The lowest BCUT2D eigenvalue weighted by Crippen LogP contribution is -2.42. The van der Waals surface area contributed by atoms with Gasteiger partial charge in [-0.2, -0.15) is 0 Å². The van der Waals surface area contributed by atoms with Crippen molar-refractivity contribution >= 4 is 11.8 Å². The topological polar surface area (TPSA) is 67.4 Å². The van der Waals surface area contributed by atoms with Gasteiger partial charge in [0.15, 0.2) is 0 Å². The van der Waals surface area contributed by atoms with E-state index in [-0.39, 0.29) is 23.8 Å². The highest BCUT2D eigenvalue weighted by Gasteiger charge is 2.24. The van der Waals surface area contributed by atoms with Crippen molar-refractivity contribution in [1.29, 1.82) is 0 Å². The minimum Gasteiger partial charge on any atom is -0.365 e. The van der Waals surface area contributed by atoms with Crippen LogP contribution in [0.2, 0.25) is 0 Å². The lowest BCUT2D eigenvalue weighted by atomic mass is 9.88. The number of hydrogen-bond donors (Lipinski definition) is 2. The van der Waals surface area contributed by atoms with Gasteiger partial charge in [0.05, 0.1) is 6.10 Å². The first-order valence-electron chi connectivity index (χ1n) is 9.27. The lowest BCUT2D eigenvalue weighted by Gasteiger charge is -2.29. The molecule has 5 heteroatoms. The summed E-state index contributed by atoms with van der Waals surface area (Å²) in [5, 5.41) is 5.76. The first kappa shape index (κ1) is 18.2. The van der Waals surface area contributed by atoms with Gasteiger partial charge in [-0.3, -0.25) is 9.59 Å². The van der Waals surface area contributed by atoms with Crippen LogP contribution in [0.5, 0.6) is 0 Å². The van der Waals surface area contributed by atoms with Crippen molar-refractivity contribution < 1.29 is 14.3 Å². The maximum Gasteiger partial charge on any atom is 0.248 e. The summed E-state index contributed by atoms with van der Waals surface area (Å²) < 4.78 is 5.88. The summed E-state index contributed by atoms with van der Waals surface area (Å²) >= 11 is 0. The van der Waals surface area contributed by atoms with E-state index in [4.69, 9.17) is 4.74 Å². The molecule has 0 bridgehead atoms. The van der Waals surface area contributed by atoms with E-state index in [9.17, 15) is 9.59 Å². The normalized spacial score (nSPS) is 26.7. The summed E-state index contributed by atoms with van der Waals surface area (Å²) in [7, 11) is 0. The van der Waals surface area contributed by atoms with Crippen LogP contribution in [0.4, 0.5) is 0 Å². The zero-order valence-electron chi connectivity index (χ0n) is 14.6. The van der Waals surface area contributed by atoms with E-state index in [1.807, 2.05) is 6.92 Å². The zero-order chi connectivity index (χ0) is 16.7. The van der Waals surface area contributed by atoms with Gasteiger partial charge >= 0.3 is 0 Å². The highest BCUT2D eigenvalue weighted by Crippen LogP contribution is 2.26. The molecule has 0 aromatic carbocycles. The first-order chi connectivity index (χ1) is 11.1. The summed E-state index contributed by atoms with van der Waals surface area (Å²) in [5.41, 5.74) is 0.